The van der Waals surface area contributed by atoms with E-state index in [0.29, 0.717) is 6.04 Å². The highest BCUT2D eigenvalue weighted by Gasteiger charge is 2.28. The minimum absolute atomic E-state index is 0.606. The molecule has 1 aromatic heterocycles. The maximum absolute atomic E-state index is 4.14. The van der Waals surface area contributed by atoms with Gasteiger partial charge >= 0.3 is 0 Å². The van der Waals surface area contributed by atoms with E-state index in [0.717, 1.165) is 0 Å². The molecule has 0 saturated carbocycles. The fourth-order valence-electron chi connectivity index (χ4n) is 4.01. The third-order valence-corrected chi connectivity index (χ3v) is 5.42. The lowest BCUT2D eigenvalue weighted by atomic mass is 9.84. The molecule has 0 N–H and O–H groups in total. The zero-order valence-corrected chi connectivity index (χ0v) is 13.9. The van der Waals surface area contributed by atoms with Crippen molar-refractivity contribution in [2.24, 2.45) is 0 Å². The first-order valence-corrected chi connectivity index (χ1v) is 8.77. The van der Waals surface area contributed by atoms with Crippen molar-refractivity contribution in [3.63, 3.8) is 0 Å². The monoisotopic (exact) mass is 307 g/mol. The van der Waals surface area contributed by atoms with Gasteiger partial charge in [-0.2, -0.15) is 0 Å². The number of fused-ring (bicyclic) bond motifs is 1. The number of likely N-dealkylation sites (N-methyl/N-ethyl adjacent to an activating group) is 1. The summed E-state index contributed by atoms with van der Waals surface area (Å²) >= 11 is 0. The number of hydrogen-bond donors (Lipinski definition) is 0. The van der Waals surface area contributed by atoms with Crippen molar-refractivity contribution >= 4 is 0 Å². The van der Waals surface area contributed by atoms with Crippen LogP contribution in [0.15, 0.2) is 42.7 Å². The van der Waals surface area contributed by atoms with Crippen molar-refractivity contribution in [3.05, 3.63) is 53.9 Å². The summed E-state index contributed by atoms with van der Waals surface area (Å²) in [6.07, 6.45) is 7.62. The van der Waals surface area contributed by atoms with E-state index in [1.165, 1.54) is 56.6 Å². The van der Waals surface area contributed by atoms with Crippen LogP contribution in [0.5, 0.6) is 0 Å². The zero-order valence-electron chi connectivity index (χ0n) is 13.9. The quantitative estimate of drug-likeness (QED) is 0.848. The summed E-state index contributed by atoms with van der Waals surface area (Å²) in [5.74, 6) is 0. The Labute approximate surface area is 139 Å². The van der Waals surface area contributed by atoms with Crippen molar-refractivity contribution in [1.29, 1.82) is 0 Å². The van der Waals surface area contributed by atoms with Crippen molar-refractivity contribution in [3.8, 4) is 11.1 Å². The maximum atomic E-state index is 4.14. The standard InChI is InChI=1S/C20H25N3/c1-22-11-13-23(14-12-22)20-4-2-3-17-5-6-18(15-19(17)20)16-7-9-21-10-8-16/h5-10,15,20H,2-4,11-14H2,1H3/t20-/m1/s1. The average Bonchev–Trinajstić information content (AvgIpc) is 2.62. The Balaban J connectivity index is 1.66. The van der Waals surface area contributed by atoms with Crippen LogP contribution in [0, 0.1) is 0 Å². The predicted octanol–water partition coefficient (Wildman–Crippen LogP) is 3.37. The first kappa shape index (κ1) is 14.9. The molecule has 1 saturated heterocycles. The van der Waals surface area contributed by atoms with E-state index in [4.69, 9.17) is 0 Å². The second kappa shape index (κ2) is 6.42. The van der Waals surface area contributed by atoms with Crippen LogP contribution in [0.1, 0.15) is 30.0 Å². The fourth-order valence-corrected chi connectivity index (χ4v) is 4.01. The smallest absolute Gasteiger partial charge is 0.0352 e. The molecule has 1 aliphatic heterocycles. The molecule has 0 spiro atoms. The summed E-state index contributed by atoms with van der Waals surface area (Å²) < 4.78 is 0. The summed E-state index contributed by atoms with van der Waals surface area (Å²) in [5.41, 5.74) is 5.71. The van der Waals surface area contributed by atoms with Crippen LogP contribution >= 0.6 is 0 Å². The van der Waals surface area contributed by atoms with Gasteiger partial charge in [0.2, 0.25) is 0 Å². The molecule has 2 aromatic rings. The van der Waals surface area contributed by atoms with Gasteiger partial charge < -0.3 is 4.90 Å². The lowest BCUT2D eigenvalue weighted by Crippen LogP contribution is -2.46. The second-order valence-electron chi connectivity index (χ2n) is 6.90. The van der Waals surface area contributed by atoms with E-state index in [1.54, 1.807) is 11.1 Å². The molecule has 0 radical (unpaired) electrons. The molecular formula is C20H25N3. The Bertz CT molecular complexity index is 660. The molecule has 0 unspecified atom stereocenters. The summed E-state index contributed by atoms with van der Waals surface area (Å²) in [4.78, 5) is 9.28. The zero-order chi connectivity index (χ0) is 15.6. The van der Waals surface area contributed by atoms with Gasteiger partial charge in [-0.25, -0.2) is 0 Å². The minimum atomic E-state index is 0.606. The summed E-state index contributed by atoms with van der Waals surface area (Å²) in [5, 5.41) is 0. The fraction of sp³-hybridized carbons (Fsp3) is 0.450. The van der Waals surface area contributed by atoms with E-state index in [2.05, 4.69) is 52.2 Å². The van der Waals surface area contributed by atoms with Gasteiger partial charge in [-0.15, -0.1) is 0 Å². The van der Waals surface area contributed by atoms with Crippen LogP contribution in [0.3, 0.4) is 0 Å². The van der Waals surface area contributed by atoms with E-state index in [1.807, 2.05) is 12.4 Å². The molecule has 1 atom stereocenters. The first-order chi connectivity index (χ1) is 11.3. The number of hydrogen-bond acceptors (Lipinski definition) is 3. The largest absolute Gasteiger partial charge is 0.304 e. The van der Waals surface area contributed by atoms with Crippen molar-refractivity contribution in [2.75, 3.05) is 33.2 Å². The van der Waals surface area contributed by atoms with Gasteiger partial charge in [-0.1, -0.05) is 12.1 Å². The van der Waals surface area contributed by atoms with Crippen molar-refractivity contribution in [1.82, 2.24) is 14.8 Å². The molecular weight excluding hydrogens is 282 g/mol. The lowest BCUT2D eigenvalue weighted by molar-refractivity contribution is 0.102. The minimum Gasteiger partial charge on any atom is -0.304 e. The molecule has 23 heavy (non-hydrogen) atoms. The number of rotatable bonds is 2. The molecule has 1 aliphatic carbocycles. The molecule has 2 aliphatic rings. The van der Waals surface area contributed by atoms with Crippen molar-refractivity contribution < 1.29 is 0 Å². The van der Waals surface area contributed by atoms with E-state index in [-0.39, 0.29) is 0 Å². The second-order valence-corrected chi connectivity index (χ2v) is 6.90. The van der Waals surface area contributed by atoms with E-state index >= 15 is 0 Å². The lowest BCUT2D eigenvalue weighted by Gasteiger charge is -2.40. The van der Waals surface area contributed by atoms with Gasteiger partial charge in [-0.05, 0) is 66.8 Å². The first-order valence-electron chi connectivity index (χ1n) is 8.77. The Morgan fingerprint density at radius 2 is 1.74 bits per heavy atom. The van der Waals surface area contributed by atoms with Gasteiger partial charge in [0.25, 0.3) is 0 Å². The number of aromatic nitrogens is 1. The molecule has 120 valence electrons. The van der Waals surface area contributed by atoms with Crippen molar-refractivity contribution in [2.45, 2.75) is 25.3 Å². The molecule has 3 heteroatoms. The highest BCUT2D eigenvalue weighted by Crippen LogP contribution is 2.37. The number of benzene rings is 1. The summed E-state index contributed by atoms with van der Waals surface area (Å²) in [6, 6.07) is 11.9. The molecule has 4 rings (SSSR count). The molecule has 0 bridgehead atoms. The molecule has 2 heterocycles. The van der Waals surface area contributed by atoms with Crippen LogP contribution in [0.2, 0.25) is 0 Å². The van der Waals surface area contributed by atoms with Crippen LogP contribution in [0.25, 0.3) is 11.1 Å². The number of nitrogens with zero attached hydrogens (tertiary/aromatic N) is 3. The normalized spacial score (nSPS) is 22.7. The van der Waals surface area contributed by atoms with Gasteiger partial charge in [0.15, 0.2) is 0 Å². The predicted molar refractivity (Wildman–Crippen MR) is 94.4 cm³/mol. The van der Waals surface area contributed by atoms with Gasteiger partial charge in [0, 0.05) is 44.6 Å². The summed E-state index contributed by atoms with van der Waals surface area (Å²) in [6.45, 7) is 4.77. The SMILES string of the molecule is CN1CCN([C@@H]2CCCc3ccc(-c4ccncc4)cc32)CC1. The van der Waals surface area contributed by atoms with Gasteiger partial charge in [0.05, 0.1) is 0 Å². The van der Waals surface area contributed by atoms with E-state index in [9.17, 15) is 0 Å². The highest BCUT2D eigenvalue weighted by atomic mass is 15.3. The number of piperazine rings is 1. The molecule has 3 nitrogen and oxygen atoms in total. The van der Waals surface area contributed by atoms with Crippen LogP contribution in [-0.4, -0.2) is 48.0 Å². The Morgan fingerprint density at radius 3 is 2.52 bits per heavy atom. The Kier molecular flexibility index (Phi) is 4.15. The van der Waals surface area contributed by atoms with Crippen LogP contribution in [0.4, 0.5) is 0 Å². The third kappa shape index (κ3) is 3.04. The molecule has 1 aromatic carbocycles. The van der Waals surface area contributed by atoms with Crippen LogP contribution < -0.4 is 0 Å². The molecule has 0 amide bonds. The van der Waals surface area contributed by atoms with Gasteiger partial charge in [0.1, 0.15) is 0 Å². The van der Waals surface area contributed by atoms with E-state index < -0.39 is 0 Å². The van der Waals surface area contributed by atoms with Crippen LogP contribution in [-0.2, 0) is 6.42 Å². The highest BCUT2D eigenvalue weighted by molar-refractivity contribution is 5.64. The Morgan fingerprint density at radius 1 is 0.957 bits per heavy atom. The molecule has 1 fully saturated rings. The summed E-state index contributed by atoms with van der Waals surface area (Å²) in [7, 11) is 2.23. The topological polar surface area (TPSA) is 19.4 Å². The number of aryl methyl sites for hydroxylation is 1. The maximum Gasteiger partial charge on any atom is 0.0352 e. The third-order valence-electron chi connectivity index (χ3n) is 5.42. The average molecular weight is 307 g/mol. The number of pyridine rings is 1. The Hall–Kier alpha value is -1.71. The van der Waals surface area contributed by atoms with Gasteiger partial charge in [-0.3, -0.25) is 9.88 Å².